The van der Waals surface area contributed by atoms with Crippen LogP contribution in [-0.2, 0) is 16.6 Å². The van der Waals surface area contributed by atoms with Crippen molar-refractivity contribution in [3.8, 4) is 17.2 Å². The normalized spacial score (nSPS) is 11.4. The molecule has 0 amide bonds. The van der Waals surface area contributed by atoms with Crippen LogP contribution in [-0.4, -0.2) is 41.1 Å². The smallest absolute Gasteiger partial charge is 0.243 e. The lowest BCUT2D eigenvalue weighted by molar-refractivity contribution is 0.323. The van der Waals surface area contributed by atoms with Crippen molar-refractivity contribution >= 4 is 10.0 Å². The molecule has 0 N–H and O–H groups in total. The molecule has 0 saturated carbocycles. The highest BCUT2D eigenvalue weighted by Gasteiger charge is 2.22. The Balaban J connectivity index is 2.34. The quantitative estimate of drug-likeness (QED) is 0.767. The van der Waals surface area contributed by atoms with Gasteiger partial charge in [0.25, 0.3) is 0 Å². The Labute approximate surface area is 142 Å². The summed E-state index contributed by atoms with van der Waals surface area (Å²) in [5, 5.41) is 0. The molecule has 2 rings (SSSR count). The van der Waals surface area contributed by atoms with Crippen LogP contribution >= 0.6 is 0 Å². The van der Waals surface area contributed by atoms with Crippen molar-refractivity contribution in [3.05, 3.63) is 48.0 Å². The summed E-state index contributed by atoms with van der Waals surface area (Å²) >= 11 is 0. The predicted molar refractivity (Wildman–Crippen MR) is 91.2 cm³/mol. The minimum atomic E-state index is -3.57. The van der Waals surface area contributed by atoms with Crippen LogP contribution in [0.25, 0.3) is 0 Å². The average Bonchev–Trinajstić information content (AvgIpc) is 2.61. The molecule has 2 aromatic carbocycles. The van der Waals surface area contributed by atoms with E-state index in [0.29, 0.717) is 17.2 Å². The fraction of sp³-hybridized carbons (Fsp3) is 0.294. The van der Waals surface area contributed by atoms with Crippen molar-refractivity contribution in [2.24, 2.45) is 0 Å². The van der Waals surface area contributed by atoms with Crippen LogP contribution < -0.4 is 14.2 Å². The number of rotatable bonds is 7. The van der Waals surface area contributed by atoms with Crippen LogP contribution in [0.1, 0.15) is 5.56 Å². The van der Waals surface area contributed by atoms with Crippen molar-refractivity contribution in [1.29, 1.82) is 0 Å². The third kappa shape index (κ3) is 3.63. The lowest BCUT2D eigenvalue weighted by Crippen LogP contribution is -2.26. The molecule has 0 aliphatic carbocycles. The van der Waals surface area contributed by atoms with Gasteiger partial charge in [-0.25, -0.2) is 8.42 Å². The van der Waals surface area contributed by atoms with Crippen molar-refractivity contribution in [1.82, 2.24) is 4.31 Å². The molecular formula is C17H21NO5S. The van der Waals surface area contributed by atoms with Gasteiger partial charge in [0.1, 0.15) is 0 Å². The Hall–Kier alpha value is -2.25. The molecule has 0 atom stereocenters. The molecular weight excluding hydrogens is 330 g/mol. The third-order valence-corrected chi connectivity index (χ3v) is 5.40. The number of hydrogen-bond acceptors (Lipinski definition) is 5. The molecule has 7 heteroatoms. The van der Waals surface area contributed by atoms with Gasteiger partial charge in [0.15, 0.2) is 11.5 Å². The first-order valence-corrected chi connectivity index (χ1v) is 8.68. The number of methoxy groups -OCH3 is 3. The van der Waals surface area contributed by atoms with Gasteiger partial charge in [-0.3, -0.25) is 0 Å². The first-order chi connectivity index (χ1) is 11.4. The van der Waals surface area contributed by atoms with Gasteiger partial charge in [-0.1, -0.05) is 18.2 Å². The second-order valence-electron chi connectivity index (χ2n) is 5.11. The molecule has 130 valence electrons. The second-order valence-corrected chi connectivity index (χ2v) is 7.15. The molecule has 0 unspecified atom stereocenters. The van der Waals surface area contributed by atoms with Gasteiger partial charge in [-0.15, -0.1) is 0 Å². The lowest BCUT2D eigenvalue weighted by atomic mass is 10.2. The fourth-order valence-electron chi connectivity index (χ4n) is 2.34. The third-order valence-electron chi connectivity index (χ3n) is 3.58. The largest absolute Gasteiger partial charge is 0.493 e. The highest BCUT2D eigenvalue weighted by Crippen LogP contribution is 2.38. The fourth-order valence-corrected chi connectivity index (χ4v) is 3.52. The molecule has 0 aromatic heterocycles. The maximum Gasteiger partial charge on any atom is 0.243 e. The van der Waals surface area contributed by atoms with Gasteiger partial charge >= 0.3 is 0 Å². The SMILES string of the molecule is COc1cc(CN(C)S(=O)(=O)c2ccccc2)cc(OC)c1OC. The second kappa shape index (κ2) is 7.55. The number of benzene rings is 2. The van der Waals surface area contributed by atoms with Crippen molar-refractivity contribution < 1.29 is 22.6 Å². The maximum atomic E-state index is 12.6. The average molecular weight is 351 g/mol. The molecule has 0 fully saturated rings. The number of ether oxygens (including phenoxy) is 3. The van der Waals surface area contributed by atoms with Gasteiger partial charge in [-0.05, 0) is 29.8 Å². The van der Waals surface area contributed by atoms with Gasteiger partial charge < -0.3 is 14.2 Å². The van der Waals surface area contributed by atoms with Crippen LogP contribution in [0.4, 0.5) is 0 Å². The van der Waals surface area contributed by atoms with Gasteiger partial charge in [-0.2, -0.15) is 4.31 Å². The van der Waals surface area contributed by atoms with Crippen LogP contribution in [0, 0.1) is 0 Å². The summed E-state index contributed by atoms with van der Waals surface area (Å²) in [6.45, 7) is 0.175. The van der Waals surface area contributed by atoms with Crippen LogP contribution in [0.5, 0.6) is 17.2 Å². The molecule has 0 heterocycles. The summed E-state index contributed by atoms with van der Waals surface area (Å²) in [5.74, 6) is 1.44. The van der Waals surface area contributed by atoms with E-state index in [-0.39, 0.29) is 11.4 Å². The van der Waals surface area contributed by atoms with Gasteiger partial charge in [0.2, 0.25) is 15.8 Å². The first-order valence-electron chi connectivity index (χ1n) is 7.24. The summed E-state index contributed by atoms with van der Waals surface area (Å²) in [5.41, 5.74) is 0.728. The molecule has 6 nitrogen and oxygen atoms in total. The molecule has 0 bridgehead atoms. The van der Waals surface area contributed by atoms with E-state index in [1.165, 1.54) is 32.7 Å². The standard InChI is InChI=1S/C17H21NO5S/c1-18(24(19,20)14-8-6-5-7-9-14)12-13-10-15(21-2)17(23-4)16(11-13)22-3/h5-11H,12H2,1-4H3. The van der Waals surface area contributed by atoms with Crippen molar-refractivity contribution in [2.45, 2.75) is 11.4 Å². The minimum absolute atomic E-state index is 0.175. The van der Waals surface area contributed by atoms with E-state index in [9.17, 15) is 8.42 Å². The molecule has 0 aliphatic rings. The highest BCUT2D eigenvalue weighted by atomic mass is 32.2. The Morgan fingerprint density at radius 3 is 1.92 bits per heavy atom. The molecule has 0 spiro atoms. The first kappa shape index (κ1) is 18.1. The highest BCUT2D eigenvalue weighted by molar-refractivity contribution is 7.89. The summed E-state index contributed by atoms with van der Waals surface area (Å²) in [6, 6.07) is 11.8. The van der Waals surface area contributed by atoms with Crippen LogP contribution in [0.15, 0.2) is 47.4 Å². The summed E-state index contributed by atoms with van der Waals surface area (Å²) < 4.78 is 42.4. The number of nitrogens with zero attached hydrogens (tertiary/aromatic N) is 1. The van der Waals surface area contributed by atoms with E-state index in [1.54, 1.807) is 42.5 Å². The Morgan fingerprint density at radius 2 is 1.46 bits per heavy atom. The maximum absolute atomic E-state index is 12.6. The van der Waals surface area contributed by atoms with E-state index in [1.807, 2.05) is 0 Å². The van der Waals surface area contributed by atoms with Crippen LogP contribution in [0.3, 0.4) is 0 Å². The summed E-state index contributed by atoms with van der Waals surface area (Å²) in [6.07, 6.45) is 0. The summed E-state index contributed by atoms with van der Waals surface area (Å²) in [4.78, 5) is 0.250. The van der Waals surface area contributed by atoms with E-state index in [4.69, 9.17) is 14.2 Å². The Morgan fingerprint density at radius 1 is 0.917 bits per heavy atom. The van der Waals surface area contributed by atoms with E-state index >= 15 is 0 Å². The zero-order valence-electron chi connectivity index (χ0n) is 14.1. The van der Waals surface area contributed by atoms with E-state index in [0.717, 1.165) is 5.56 Å². The van der Waals surface area contributed by atoms with Crippen LogP contribution in [0.2, 0.25) is 0 Å². The van der Waals surface area contributed by atoms with Crippen molar-refractivity contribution in [2.75, 3.05) is 28.4 Å². The molecule has 0 radical (unpaired) electrons. The molecule has 0 saturated heterocycles. The Bertz CT molecular complexity index is 765. The monoisotopic (exact) mass is 351 g/mol. The number of sulfonamides is 1. The summed E-state index contributed by atoms with van der Waals surface area (Å²) in [7, 11) is 2.52. The molecule has 0 aliphatic heterocycles. The van der Waals surface area contributed by atoms with E-state index in [2.05, 4.69) is 0 Å². The molecule has 2 aromatic rings. The molecule has 24 heavy (non-hydrogen) atoms. The van der Waals surface area contributed by atoms with Gasteiger partial charge in [0, 0.05) is 13.6 Å². The Kier molecular flexibility index (Phi) is 5.69. The topological polar surface area (TPSA) is 65.1 Å². The zero-order chi connectivity index (χ0) is 17.7. The van der Waals surface area contributed by atoms with Gasteiger partial charge in [0.05, 0.1) is 26.2 Å². The predicted octanol–water partition coefficient (Wildman–Crippen LogP) is 2.53. The van der Waals surface area contributed by atoms with E-state index < -0.39 is 10.0 Å². The van der Waals surface area contributed by atoms with Crippen molar-refractivity contribution in [3.63, 3.8) is 0 Å². The zero-order valence-corrected chi connectivity index (χ0v) is 15.0. The number of hydrogen-bond donors (Lipinski definition) is 0. The lowest BCUT2D eigenvalue weighted by Gasteiger charge is -2.19. The minimum Gasteiger partial charge on any atom is -0.493 e.